The van der Waals surface area contributed by atoms with Crippen molar-refractivity contribution >= 4 is 12.4 Å². The molecule has 0 fully saturated rings. The molecular weight excluding hydrogens is 120 g/mol. The lowest BCUT2D eigenvalue weighted by Crippen LogP contribution is -2.01. The summed E-state index contributed by atoms with van der Waals surface area (Å²) in [6.07, 6.45) is 2.19. The van der Waals surface area contributed by atoms with Crippen LogP contribution in [0.3, 0.4) is 0 Å². The van der Waals surface area contributed by atoms with E-state index < -0.39 is 5.92 Å². The van der Waals surface area contributed by atoms with E-state index in [1.807, 2.05) is 0 Å². The van der Waals surface area contributed by atoms with E-state index in [0.29, 0.717) is 0 Å². The summed E-state index contributed by atoms with van der Waals surface area (Å²) in [5, 5.41) is 21.8. The molecule has 0 saturated carbocycles. The van der Waals surface area contributed by atoms with Gasteiger partial charge in [-0.15, -0.1) is 5.16 Å². The van der Waals surface area contributed by atoms with Crippen molar-refractivity contribution in [2.24, 2.45) is 22.0 Å². The number of hydrazone groups is 1. The summed E-state index contributed by atoms with van der Waals surface area (Å²) < 4.78 is 0. The summed E-state index contributed by atoms with van der Waals surface area (Å²) in [6, 6.07) is 1.77. The standard InChI is InChI=1S/C4H6N4O/c5-1-4(2-7-6)3-8-9/h2-4,9H,6H2/b7-2-,8-3-. The molecule has 0 aliphatic heterocycles. The molecule has 3 N–H and O–H groups in total. The van der Waals surface area contributed by atoms with Crippen molar-refractivity contribution in [2.75, 3.05) is 0 Å². The van der Waals surface area contributed by atoms with Gasteiger partial charge in [0.2, 0.25) is 0 Å². The lowest BCUT2D eigenvalue weighted by atomic mass is 10.2. The van der Waals surface area contributed by atoms with E-state index in [0.717, 1.165) is 6.21 Å². The van der Waals surface area contributed by atoms with Crippen LogP contribution in [0.2, 0.25) is 0 Å². The third-order valence-electron chi connectivity index (χ3n) is 0.623. The van der Waals surface area contributed by atoms with Crippen LogP contribution >= 0.6 is 0 Å². The summed E-state index contributed by atoms with van der Waals surface area (Å²) in [4.78, 5) is 0. The first-order chi connectivity index (χ1) is 4.35. The largest absolute Gasteiger partial charge is 0.411 e. The Balaban J connectivity index is 3.87. The maximum absolute atomic E-state index is 8.19. The van der Waals surface area contributed by atoms with E-state index in [-0.39, 0.29) is 0 Å². The number of oxime groups is 1. The SMILES string of the molecule is N#CC(/C=N\N)/C=N\O. The highest BCUT2D eigenvalue weighted by atomic mass is 16.4. The number of rotatable bonds is 2. The molecule has 0 saturated heterocycles. The van der Waals surface area contributed by atoms with Crippen LogP contribution in [0.5, 0.6) is 0 Å². The van der Waals surface area contributed by atoms with Crippen LogP contribution < -0.4 is 5.84 Å². The zero-order chi connectivity index (χ0) is 7.11. The molecule has 48 valence electrons. The fourth-order valence-electron chi connectivity index (χ4n) is 0.270. The lowest BCUT2D eigenvalue weighted by Gasteiger charge is -1.85. The molecule has 0 radical (unpaired) electrons. The third kappa shape index (κ3) is 3.05. The molecule has 0 bridgehead atoms. The Labute approximate surface area is 52.1 Å². The average molecular weight is 126 g/mol. The second kappa shape index (κ2) is 4.59. The Morgan fingerprint density at radius 3 is 2.67 bits per heavy atom. The van der Waals surface area contributed by atoms with Gasteiger partial charge in [0.15, 0.2) is 0 Å². The minimum atomic E-state index is -0.639. The molecule has 0 aromatic rings. The summed E-state index contributed by atoms with van der Waals surface area (Å²) in [5.74, 6) is 4.07. The number of hydrogen-bond donors (Lipinski definition) is 2. The molecule has 5 nitrogen and oxygen atoms in total. The Morgan fingerprint density at radius 1 is 1.67 bits per heavy atom. The Bertz CT molecular complexity index is 144. The average Bonchev–Trinajstić information content (AvgIpc) is 1.88. The highest BCUT2D eigenvalue weighted by molar-refractivity contribution is 5.86. The molecule has 5 heteroatoms. The first-order valence-electron chi connectivity index (χ1n) is 2.15. The van der Waals surface area contributed by atoms with Gasteiger partial charge >= 0.3 is 0 Å². The number of hydrogen-bond acceptors (Lipinski definition) is 5. The molecule has 0 aromatic heterocycles. The number of nitrogens with two attached hydrogens (primary N) is 1. The van der Waals surface area contributed by atoms with Crippen LogP contribution in [-0.2, 0) is 0 Å². The Kier molecular flexibility index (Phi) is 3.79. The first-order valence-corrected chi connectivity index (χ1v) is 2.15. The van der Waals surface area contributed by atoms with Crippen molar-refractivity contribution in [1.29, 1.82) is 5.26 Å². The molecule has 0 aliphatic carbocycles. The zero-order valence-corrected chi connectivity index (χ0v) is 4.60. The van der Waals surface area contributed by atoms with Gasteiger partial charge in [-0.05, 0) is 0 Å². The van der Waals surface area contributed by atoms with E-state index in [2.05, 4.69) is 10.3 Å². The van der Waals surface area contributed by atoms with Crippen LogP contribution in [0.1, 0.15) is 0 Å². The highest BCUT2D eigenvalue weighted by Gasteiger charge is 1.96. The second-order valence-electron chi connectivity index (χ2n) is 1.22. The minimum Gasteiger partial charge on any atom is -0.411 e. The van der Waals surface area contributed by atoms with Crippen molar-refractivity contribution in [2.45, 2.75) is 0 Å². The molecule has 0 aromatic carbocycles. The van der Waals surface area contributed by atoms with Gasteiger partial charge in [-0.1, -0.05) is 0 Å². The van der Waals surface area contributed by atoms with Gasteiger partial charge in [0.1, 0.15) is 5.92 Å². The minimum absolute atomic E-state index is 0.639. The third-order valence-corrected chi connectivity index (χ3v) is 0.623. The second-order valence-corrected chi connectivity index (χ2v) is 1.22. The van der Waals surface area contributed by atoms with E-state index in [1.165, 1.54) is 6.21 Å². The first kappa shape index (κ1) is 7.43. The summed E-state index contributed by atoms with van der Waals surface area (Å²) in [6.45, 7) is 0. The van der Waals surface area contributed by atoms with Crippen molar-refractivity contribution in [3.8, 4) is 6.07 Å². The molecule has 9 heavy (non-hydrogen) atoms. The van der Waals surface area contributed by atoms with Gasteiger partial charge < -0.3 is 11.0 Å². The fourth-order valence-corrected chi connectivity index (χ4v) is 0.270. The van der Waals surface area contributed by atoms with Crippen molar-refractivity contribution in [1.82, 2.24) is 0 Å². The highest BCUT2D eigenvalue weighted by Crippen LogP contribution is 1.81. The zero-order valence-electron chi connectivity index (χ0n) is 4.60. The van der Waals surface area contributed by atoms with Crippen molar-refractivity contribution in [3.05, 3.63) is 0 Å². The van der Waals surface area contributed by atoms with Gasteiger partial charge in [-0.2, -0.15) is 10.4 Å². The van der Waals surface area contributed by atoms with E-state index >= 15 is 0 Å². The van der Waals surface area contributed by atoms with Gasteiger partial charge in [-0.3, -0.25) is 0 Å². The molecule has 0 rings (SSSR count). The molecule has 1 unspecified atom stereocenters. The molecule has 0 aliphatic rings. The van der Waals surface area contributed by atoms with Crippen molar-refractivity contribution in [3.63, 3.8) is 0 Å². The van der Waals surface area contributed by atoms with Crippen LogP contribution in [0.15, 0.2) is 10.3 Å². The molecule has 1 atom stereocenters. The Hall–Kier alpha value is -1.57. The van der Waals surface area contributed by atoms with Crippen LogP contribution in [-0.4, -0.2) is 17.6 Å². The molecule has 0 heterocycles. The van der Waals surface area contributed by atoms with Crippen LogP contribution in [0.25, 0.3) is 0 Å². The van der Waals surface area contributed by atoms with E-state index in [1.54, 1.807) is 6.07 Å². The van der Waals surface area contributed by atoms with E-state index in [4.69, 9.17) is 16.3 Å². The van der Waals surface area contributed by atoms with Gasteiger partial charge in [0.05, 0.1) is 12.3 Å². The lowest BCUT2D eigenvalue weighted by molar-refractivity contribution is 0.320. The fraction of sp³-hybridized carbons (Fsp3) is 0.250. The monoisotopic (exact) mass is 126 g/mol. The molecule has 0 spiro atoms. The number of nitrogens with zero attached hydrogens (tertiary/aromatic N) is 3. The maximum atomic E-state index is 8.19. The summed E-state index contributed by atoms with van der Waals surface area (Å²) in [7, 11) is 0. The van der Waals surface area contributed by atoms with Gasteiger partial charge in [0, 0.05) is 6.21 Å². The van der Waals surface area contributed by atoms with Gasteiger partial charge in [0.25, 0.3) is 0 Å². The summed E-state index contributed by atoms with van der Waals surface area (Å²) in [5.41, 5.74) is 0. The molecule has 0 amide bonds. The number of nitriles is 1. The quantitative estimate of drug-likeness (QED) is 0.226. The van der Waals surface area contributed by atoms with Crippen LogP contribution in [0.4, 0.5) is 0 Å². The van der Waals surface area contributed by atoms with Gasteiger partial charge in [-0.25, -0.2) is 0 Å². The Morgan fingerprint density at radius 2 is 2.33 bits per heavy atom. The van der Waals surface area contributed by atoms with Crippen LogP contribution in [0, 0.1) is 17.2 Å². The topological polar surface area (TPSA) is 94.8 Å². The summed E-state index contributed by atoms with van der Waals surface area (Å²) >= 11 is 0. The van der Waals surface area contributed by atoms with E-state index in [9.17, 15) is 0 Å². The van der Waals surface area contributed by atoms with Crippen molar-refractivity contribution < 1.29 is 5.21 Å². The maximum Gasteiger partial charge on any atom is 0.122 e. The predicted octanol–water partition coefficient (Wildman–Crippen LogP) is -0.469. The predicted molar refractivity (Wildman–Crippen MR) is 32.1 cm³/mol. The molecular formula is C4H6N4O. The normalized spacial score (nSPS) is 14.1. The smallest absolute Gasteiger partial charge is 0.122 e.